The van der Waals surface area contributed by atoms with Crippen molar-refractivity contribution >= 4 is 11.0 Å². The molecule has 0 bridgehead atoms. The summed E-state index contributed by atoms with van der Waals surface area (Å²) in [6.45, 7) is 2.81. The Hall–Kier alpha value is -1.42. The summed E-state index contributed by atoms with van der Waals surface area (Å²) in [5.41, 5.74) is 7.48. The van der Waals surface area contributed by atoms with Crippen LogP contribution in [0.1, 0.15) is 31.6 Å². The molecule has 90 valence electrons. The van der Waals surface area contributed by atoms with Crippen LogP contribution in [0.4, 0.5) is 4.39 Å². The van der Waals surface area contributed by atoms with Crippen LogP contribution in [0.5, 0.6) is 0 Å². The smallest absolute Gasteiger partial charge is 0.151 e. The molecule has 1 aliphatic rings. The molecule has 17 heavy (non-hydrogen) atoms. The van der Waals surface area contributed by atoms with E-state index >= 15 is 0 Å². The third kappa shape index (κ3) is 1.63. The van der Waals surface area contributed by atoms with Crippen molar-refractivity contribution in [3.63, 3.8) is 0 Å². The number of para-hydroxylation sites is 1. The molecule has 0 amide bonds. The molecular formula is C13H16FN3. The minimum atomic E-state index is -0.265. The van der Waals surface area contributed by atoms with Crippen LogP contribution >= 0.6 is 0 Å². The molecular weight excluding hydrogens is 217 g/mol. The van der Waals surface area contributed by atoms with E-state index < -0.39 is 0 Å². The predicted octanol–water partition coefficient (Wildman–Crippen LogP) is 2.61. The molecule has 1 saturated carbocycles. The molecule has 4 heteroatoms. The maximum absolute atomic E-state index is 13.7. The van der Waals surface area contributed by atoms with E-state index in [4.69, 9.17) is 5.73 Å². The first kappa shape index (κ1) is 10.7. The van der Waals surface area contributed by atoms with Gasteiger partial charge >= 0.3 is 0 Å². The number of halogens is 1. The van der Waals surface area contributed by atoms with Gasteiger partial charge in [-0.3, -0.25) is 0 Å². The van der Waals surface area contributed by atoms with Crippen LogP contribution in [-0.4, -0.2) is 9.55 Å². The lowest BCUT2D eigenvalue weighted by atomic mass is 10.2. The van der Waals surface area contributed by atoms with Crippen LogP contribution in [-0.2, 0) is 6.54 Å². The van der Waals surface area contributed by atoms with Gasteiger partial charge in [0, 0.05) is 6.54 Å². The zero-order valence-corrected chi connectivity index (χ0v) is 9.86. The third-order valence-corrected chi connectivity index (χ3v) is 3.50. The Bertz CT molecular complexity index is 557. The fourth-order valence-corrected chi connectivity index (χ4v) is 2.38. The molecule has 1 aromatic heterocycles. The van der Waals surface area contributed by atoms with Crippen LogP contribution < -0.4 is 5.73 Å². The Morgan fingerprint density at radius 3 is 2.94 bits per heavy atom. The van der Waals surface area contributed by atoms with Crippen molar-refractivity contribution in [3.05, 3.63) is 29.8 Å². The minimum absolute atomic E-state index is 0.0539. The molecule has 1 aliphatic carbocycles. The van der Waals surface area contributed by atoms with E-state index in [1.807, 2.05) is 17.6 Å². The SMILES string of the molecule is CCn1c(C(N)C2CC2)nc2c(F)cccc21. The molecule has 2 N–H and O–H groups in total. The number of fused-ring (bicyclic) bond motifs is 1. The highest BCUT2D eigenvalue weighted by atomic mass is 19.1. The molecule has 1 atom stereocenters. The summed E-state index contributed by atoms with van der Waals surface area (Å²) < 4.78 is 15.7. The number of hydrogen-bond acceptors (Lipinski definition) is 2. The topological polar surface area (TPSA) is 43.8 Å². The van der Waals surface area contributed by atoms with E-state index in [0.29, 0.717) is 11.4 Å². The maximum atomic E-state index is 13.7. The quantitative estimate of drug-likeness (QED) is 0.885. The first-order chi connectivity index (χ1) is 8.22. The average Bonchev–Trinajstić information content (AvgIpc) is 3.09. The molecule has 1 aromatic carbocycles. The van der Waals surface area contributed by atoms with Crippen molar-refractivity contribution in [1.82, 2.24) is 9.55 Å². The second-order valence-electron chi connectivity index (χ2n) is 4.69. The highest BCUT2D eigenvalue weighted by Gasteiger charge is 2.33. The van der Waals surface area contributed by atoms with Crippen molar-refractivity contribution in [2.45, 2.75) is 32.4 Å². The summed E-state index contributed by atoms with van der Waals surface area (Å²) in [5, 5.41) is 0. The van der Waals surface area contributed by atoms with Gasteiger partial charge in [0.2, 0.25) is 0 Å². The summed E-state index contributed by atoms with van der Waals surface area (Å²) in [5.74, 6) is 1.09. The van der Waals surface area contributed by atoms with Gasteiger partial charge in [-0.15, -0.1) is 0 Å². The van der Waals surface area contributed by atoms with Gasteiger partial charge in [0.1, 0.15) is 11.3 Å². The summed E-state index contributed by atoms with van der Waals surface area (Å²) in [7, 11) is 0. The molecule has 0 aliphatic heterocycles. The van der Waals surface area contributed by atoms with Gasteiger partial charge in [0.05, 0.1) is 11.6 Å². The second kappa shape index (κ2) is 3.81. The molecule has 1 fully saturated rings. The van der Waals surface area contributed by atoms with Crippen molar-refractivity contribution < 1.29 is 4.39 Å². The van der Waals surface area contributed by atoms with Crippen molar-refractivity contribution in [2.24, 2.45) is 11.7 Å². The average molecular weight is 233 g/mol. The van der Waals surface area contributed by atoms with E-state index in [2.05, 4.69) is 4.98 Å². The van der Waals surface area contributed by atoms with Crippen LogP contribution in [0.3, 0.4) is 0 Å². The summed E-state index contributed by atoms with van der Waals surface area (Å²) in [6, 6.07) is 5.01. The zero-order valence-electron chi connectivity index (χ0n) is 9.86. The molecule has 3 rings (SSSR count). The molecule has 0 radical (unpaired) electrons. The lowest BCUT2D eigenvalue weighted by Gasteiger charge is -2.12. The Kier molecular flexibility index (Phi) is 2.40. The highest BCUT2D eigenvalue weighted by Crippen LogP contribution is 2.39. The number of benzene rings is 1. The normalized spacial score (nSPS) is 17.6. The number of nitrogens with zero attached hydrogens (tertiary/aromatic N) is 2. The summed E-state index contributed by atoms with van der Waals surface area (Å²) in [6.07, 6.45) is 2.33. The van der Waals surface area contributed by atoms with E-state index in [9.17, 15) is 4.39 Å². The van der Waals surface area contributed by atoms with Crippen LogP contribution in [0.15, 0.2) is 18.2 Å². The first-order valence-corrected chi connectivity index (χ1v) is 6.12. The van der Waals surface area contributed by atoms with Gasteiger partial charge in [-0.25, -0.2) is 9.37 Å². The van der Waals surface area contributed by atoms with Gasteiger partial charge in [0.25, 0.3) is 0 Å². The molecule has 3 nitrogen and oxygen atoms in total. The Morgan fingerprint density at radius 1 is 1.53 bits per heavy atom. The molecule has 1 heterocycles. The second-order valence-corrected chi connectivity index (χ2v) is 4.69. The molecule has 1 unspecified atom stereocenters. The monoisotopic (exact) mass is 233 g/mol. The first-order valence-electron chi connectivity index (χ1n) is 6.12. The van der Waals surface area contributed by atoms with Crippen molar-refractivity contribution in [2.75, 3.05) is 0 Å². The van der Waals surface area contributed by atoms with Gasteiger partial charge in [-0.05, 0) is 37.8 Å². The fraction of sp³-hybridized carbons (Fsp3) is 0.462. The summed E-state index contributed by atoms with van der Waals surface area (Å²) >= 11 is 0. The number of aromatic nitrogens is 2. The molecule has 0 saturated heterocycles. The third-order valence-electron chi connectivity index (χ3n) is 3.50. The maximum Gasteiger partial charge on any atom is 0.151 e. The number of imidazole rings is 1. The van der Waals surface area contributed by atoms with Gasteiger partial charge in [0.15, 0.2) is 5.82 Å². The van der Waals surface area contributed by atoms with Gasteiger partial charge in [-0.1, -0.05) is 6.07 Å². The number of nitrogens with two attached hydrogens (primary N) is 1. The van der Waals surface area contributed by atoms with Crippen LogP contribution in [0, 0.1) is 11.7 Å². The van der Waals surface area contributed by atoms with Crippen LogP contribution in [0.2, 0.25) is 0 Å². The molecule has 0 spiro atoms. The summed E-state index contributed by atoms with van der Waals surface area (Å²) in [4.78, 5) is 4.41. The van der Waals surface area contributed by atoms with Gasteiger partial charge in [-0.2, -0.15) is 0 Å². The number of hydrogen-bond donors (Lipinski definition) is 1. The fourth-order valence-electron chi connectivity index (χ4n) is 2.38. The predicted molar refractivity (Wildman–Crippen MR) is 65.0 cm³/mol. The highest BCUT2D eigenvalue weighted by molar-refractivity contribution is 5.76. The van der Waals surface area contributed by atoms with E-state index in [0.717, 1.165) is 30.7 Å². The largest absolute Gasteiger partial charge is 0.327 e. The minimum Gasteiger partial charge on any atom is -0.327 e. The Balaban J connectivity index is 2.19. The van der Waals surface area contributed by atoms with E-state index in [-0.39, 0.29) is 11.9 Å². The number of rotatable bonds is 3. The van der Waals surface area contributed by atoms with E-state index in [1.165, 1.54) is 6.07 Å². The Morgan fingerprint density at radius 2 is 2.29 bits per heavy atom. The Labute approximate surface area is 99.4 Å². The van der Waals surface area contributed by atoms with Crippen molar-refractivity contribution in [3.8, 4) is 0 Å². The molecule has 2 aromatic rings. The van der Waals surface area contributed by atoms with E-state index in [1.54, 1.807) is 6.07 Å². The lowest BCUT2D eigenvalue weighted by molar-refractivity contribution is 0.556. The van der Waals surface area contributed by atoms with Crippen LogP contribution in [0.25, 0.3) is 11.0 Å². The van der Waals surface area contributed by atoms with Crippen molar-refractivity contribution in [1.29, 1.82) is 0 Å². The lowest BCUT2D eigenvalue weighted by Crippen LogP contribution is -2.18. The standard InChI is InChI=1S/C13H16FN3/c1-2-17-10-5-3-4-9(14)12(10)16-13(17)11(15)8-6-7-8/h3-5,8,11H,2,6-7,15H2,1H3. The zero-order chi connectivity index (χ0) is 12.0. The number of aryl methyl sites for hydroxylation is 1. The van der Waals surface area contributed by atoms with Gasteiger partial charge < -0.3 is 10.3 Å².